The largest absolute Gasteiger partial charge is 0.372 e. The summed E-state index contributed by atoms with van der Waals surface area (Å²) in [5.74, 6) is 0. The second kappa shape index (κ2) is 17.4. The van der Waals surface area contributed by atoms with Gasteiger partial charge in [0, 0.05) is 73.5 Å². The third kappa shape index (κ3) is 7.44. The van der Waals surface area contributed by atoms with E-state index in [2.05, 4.69) is 162 Å². The Morgan fingerprint density at radius 3 is 1.21 bits per heavy atom. The average Bonchev–Trinajstić information content (AvgIpc) is 4.21. The van der Waals surface area contributed by atoms with E-state index in [1.165, 1.54) is 33.4 Å². The number of aryl methyl sites for hydroxylation is 6. The molecular weight excluding hydrogens is 825 g/mol. The molecule has 340 valence electrons. The molecule has 0 saturated carbocycles. The predicted octanol–water partition coefficient (Wildman–Crippen LogP) is 14.3. The smallest absolute Gasteiger partial charge is 0.111 e. The maximum Gasteiger partial charge on any atom is 0.111 e. The molecule has 0 aliphatic carbocycles. The summed E-state index contributed by atoms with van der Waals surface area (Å²) in [5.41, 5.74) is 30.0. The highest BCUT2D eigenvalue weighted by atomic mass is 16.5. The number of ether oxygens (including phenoxy) is 1. The highest BCUT2D eigenvalue weighted by molar-refractivity contribution is 6.01. The summed E-state index contributed by atoms with van der Waals surface area (Å²) < 4.78 is 6.72. The Balaban J connectivity index is 1.25. The Labute approximate surface area is 393 Å². The standard InChI is InChI=1S/C58H62N8O/c1-12-36-30(7)46-22-34-18-20-44(59-34)40(16-5)50-24-42(56(65-50)26-48-32(9)38(14-3)54(63-48)28-52(36)61-46)58(67-11)43-25-51-41(17-6)45-21-19-35(60-45)23-47-31(8)37(13-2)53(62-47)29-55-39(15-4)33(10)49(64-55)27-57(43)66-51/h18-29,58-62H,12-17H2,1-11H3. The van der Waals surface area contributed by atoms with E-state index in [-0.39, 0.29) is 0 Å². The molecule has 0 unspecified atom stereocenters. The van der Waals surface area contributed by atoms with E-state index < -0.39 is 6.10 Å². The minimum Gasteiger partial charge on any atom is -0.372 e. The van der Waals surface area contributed by atoms with Crippen LogP contribution in [0, 0.1) is 13.8 Å². The van der Waals surface area contributed by atoms with Crippen LogP contribution in [-0.2, 0) is 30.4 Å². The van der Waals surface area contributed by atoms with Gasteiger partial charge < -0.3 is 24.7 Å². The predicted molar refractivity (Wildman–Crippen MR) is 281 cm³/mol. The van der Waals surface area contributed by atoms with Gasteiger partial charge in [-0.05, 0) is 184 Å². The van der Waals surface area contributed by atoms with Gasteiger partial charge in [0.2, 0.25) is 0 Å². The number of aromatic nitrogens is 8. The second-order valence-corrected chi connectivity index (χ2v) is 18.3. The lowest BCUT2D eigenvalue weighted by atomic mass is 9.94. The zero-order valence-electron chi connectivity index (χ0n) is 40.9. The molecule has 9 heteroatoms. The summed E-state index contributed by atoms with van der Waals surface area (Å²) in [6.45, 7) is 22.1. The molecule has 4 N–H and O–H groups in total. The van der Waals surface area contributed by atoms with E-state index in [0.717, 1.165) is 162 Å². The van der Waals surface area contributed by atoms with E-state index in [1.807, 2.05) is 0 Å². The molecule has 0 radical (unpaired) electrons. The highest BCUT2D eigenvalue weighted by Crippen LogP contribution is 2.42. The molecule has 4 aliphatic rings. The Morgan fingerprint density at radius 1 is 0.418 bits per heavy atom. The molecule has 9 nitrogen and oxygen atoms in total. The molecule has 6 aromatic heterocycles. The first-order chi connectivity index (χ1) is 32.5. The third-order valence-electron chi connectivity index (χ3n) is 14.7. The van der Waals surface area contributed by atoms with Crippen molar-refractivity contribution in [2.45, 2.75) is 114 Å². The lowest BCUT2D eigenvalue weighted by Crippen LogP contribution is -2.14. The molecule has 0 atom stereocenters. The molecule has 4 aliphatic heterocycles. The van der Waals surface area contributed by atoms with E-state index in [4.69, 9.17) is 24.7 Å². The number of hydrogen-bond acceptors (Lipinski definition) is 5. The number of hydrogen-bond donors (Lipinski definition) is 4. The third-order valence-corrected chi connectivity index (χ3v) is 14.7. The molecule has 6 aromatic rings. The van der Waals surface area contributed by atoms with Crippen molar-refractivity contribution in [2.75, 3.05) is 7.11 Å². The molecule has 0 spiro atoms. The van der Waals surface area contributed by atoms with Crippen LogP contribution in [-0.4, -0.2) is 53.1 Å². The first kappa shape index (κ1) is 44.0. The van der Waals surface area contributed by atoms with Crippen molar-refractivity contribution < 1.29 is 4.74 Å². The summed E-state index contributed by atoms with van der Waals surface area (Å²) >= 11 is 0. The van der Waals surface area contributed by atoms with Crippen LogP contribution in [0.4, 0.5) is 0 Å². The van der Waals surface area contributed by atoms with Crippen LogP contribution in [0.2, 0.25) is 0 Å². The van der Waals surface area contributed by atoms with Crippen LogP contribution in [0.1, 0.15) is 147 Å². The molecule has 10 rings (SSSR count). The summed E-state index contributed by atoms with van der Waals surface area (Å²) in [7, 11) is 1.80. The van der Waals surface area contributed by atoms with Gasteiger partial charge in [-0.2, -0.15) is 0 Å². The molecule has 0 saturated heterocycles. The first-order valence-corrected chi connectivity index (χ1v) is 24.3. The van der Waals surface area contributed by atoms with Crippen molar-refractivity contribution in [1.29, 1.82) is 0 Å². The van der Waals surface area contributed by atoms with E-state index in [1.54, 1.807) is 7.11 Å². The van der Waals surface area contributed by atoms with Gasteiger partial charge in [-0.1, -0.05) is 41.5 Å². The average molecular weight is 887 g/mol. The Bertz CT molecular complexity index is 3290. The van der Waals surface area contributed by atoms with Gasteiger partial charge in [0.15, 0.2) is 0 Å². The number of rotatable bonds is 9. The summed E-state index contributed by atoms with van der Waals surface area (Å²) in [5, 5.41) is 0. The number of allylic oxidation sites excluding steroid dienone is 4. The molecule has 16 bridgehead atoms. The molecule has 0 fully saturated rings. The van der Waals surface area contributed by atoms with E-state index in [9.17, 15) is 0 Å². The second-order valence-electron chi connectivity index (χ2n) is 18.3. The quantitative estimate of drug-likeness (QED) is 0.115. The van der Waals surface area contributed by atoms with Crippen molar-refractivity contribution in [2.24, 2.45) is 0 Å². The van der Waals surface area contributed by atoms with Crippen molar-refractivity contribution in [3.63, 3.8) is 0 Å². The van der Waals surface area contributed by atoms with E-state index in [0.29, 0.717) is 0 Å². The number of H-pyrrole nitrogens is 4. The van der Waals surface area contributed by atoms with Crippen LogP contribution in [0.5, 0.6) is 0 Å². The zero-order valence-corrected chi connectivity index (χ0v) is 40.9. The van der Waals surface area contributed by atoms with Crippen LogP contribution in [0.25, 0.3) is 89.7 Å². The number of fused-ring (bicyclic) bond motifs is 16. The monoisotopic (exact) mass is 887 g/mol. The number of methoxy groups -OCH3 is 1. The van der Waals surface area contributed by atoms with Crippen molar-refractivity contribution in [1.82, 2.24) is 39.9 Å². The van der Waals surface area contributed by atoms with Gasteiger partial charge in [0.25, 0.3) is 0 Å². The first-order valence-electron chi connectivity index (χ1n) is 24.3. The van der Waals surface area contributed by atoms with Gasteiger partial charge in [0.05, 0.1) is 45.6 Å². The number of nitrogens with one attached hydrogen (secondary N) is 4. The van der Waals surface area contributed by atoms with Gasteiger partial charge in [-0.3, -0.25) is 0 Å². The Morgan fingerprint density at radius 2 is 0.836 bits per heavy atom. The minimum absolute atomic E-state index is 0.515. The van der Waals surface area contributed by atoms with Gasteiger partial charge >= 0.3 is 0 Å². The van der Waals surface area contributed by atoms with Crippen LogP contribution >= 0.6 is 0 Å². The fraction of sp³-hybridized carbons (Fsp3) is 0.310. The lowest BCUT2D eigenvalue weighted by Gasteiger charge is -2.18. The van der Waals surface area contributed by atoms with Gasteiger partial charge in [-0.15, -0.1) is 0 Å². The molecule has 0 aromatic carbocycles. The normalized spacial score (nSPS) is 13.9. The van der Waals surface area contributed by atoms with Crippen molar-refractivity contribution in [3.8, 4) is 0 Å². The lowest BCUT2D eigenvalue weighted by molar-refractivity contribution is 0.192. The van der Waals surface area contributed by atoms with Crippen molar-refractivity contribution >= 4 is 89.7 Å². The fourth-order valence-electron chi connectivity index (χ4n) is 11.0. The molecule has 10 heterocycles. The van der Waals surface area contributed by atoms with Gasteiger partial charge in [0.1, 0.15) is 6.10 Å². The zero-order chi connectivity index (χ0) is 46.8. The number of nitrogens with zero attached hydrogens (tertiary/aromatic N) is 4. The highest BCUT2D eigenvalue weighted by Gasteiger charge is 2.31. The fourth-order valence-corrected chi connectivity index (χ4v) is 11.0. The van der Waals surface area contributed by atoms with Gasteiger partial charge in [-0.25, -0.2) is 19.9 Å². The SMILES string of the molecule is CCC1=C(C)c2cc3nc(c(CC)c4ccc(cc5[nH]c(cc1n2)c(CC)c5C)[nH]4)C=C3C(OC)C1=Cc2nc1cc1nc(cc3[nH]c(cc4ccc([nH]4)c2CC)c(C)c3CC)C(CC)=C1C. The summed E-state index contributed by atoms with van der Waals surface area (Å²) in [6.07, 6.45) is 9.07. The van der Waals surface area contributed by atoms with Crippen molar-refractivity contribution in [3.05, 3.63) is 140 Å². The van der Waals surface area contributed by atoms with E-state index >= 15 is 0 Å². The molecule has 67 heavy (non-hydrogen) atoms. The van der Waals surface area contributed by atoms with Crippen LogP contribution in [0.15, 0.2) is 60.7 Å². The molecular formula is C58H62N8O. The topological polar surface area (TPSA) is 124 Å². The Kier molecular flexibility index (Phi) is 11.4. The maximum absolute atomic E-state index is 6.72. The molecule has 0 amide bonds. The minimum atomic E-state index is -0.515. The Hall–Kier alpha value is -6.84. The summed E-state index contributed by atoms with van der Waals surface area (Å²) in [4.78, 5) is 36.8. The van der Waals surface area contributed by atoms with Crippen LogP contribution < -0.4 is 0 Å². The maximum atomic E-state index is 6.72. The number of aromatic amines is 4. The van der Waals surface area contributed by atoms with Crippen LogP contribution in [0.3, 0.4) is 0 Å². The summed E-state index contributed by atoms with van der Waals surface area (Å²) in [6, 6.07) is 22.0.